The van der Waals surface area contributed by atoms with Gasteiger partial charge in [-0.2, -0.15) is 0 Å². The molecule has 0 aliphatic carbocycles. The molecule has 0 radical (unpaired) electrons. The lowest BCUT2D eigenvalue weighted by molar-refractivity contribution is -0.265. The van der Waals surface area contributed by atoms with Crippen LogP contribution in [-0.4, -0.2) is 82.2 Å². The molecule has 2 saturated heterocycles. The first-order valence-electron chi connectivity index (χ1n) is 14.6. The summed E-state index contributed by atoms with van der Waals surface area (Å²) in [6, 6.07) is 0. The molecule has 2 heterocycles. The van der Waals surface area contributed by atoms with Crippen LogP contribution in [0.25, 0.3) is 0 Å². The van der Waals surface area contributed by atoms with Gasteiger partial charge in [0.2, 0.25) is 0 Å². The van der Waals surface area contributed by atoms with E-state index in [-0.39, 0.29) is 30.0 Å². The van der Waals surface area contributed by atoms with Crippen LogP contribution in [0.1, 0.15) is 88.5 Å². The number of hydrogen-bond acceptors (Lipinski definition) is 9. The fourth-order valence-corrected chi connectivity index (χ4v) is 6.54. The van der Waals surface area contributed by atoms with Gasteiger partial charge in [-0.1, -0.05) is 41.5 Å². The Kier molecular flexibility index (Phi) is 11.6. The summed E-state index contributed by atoms with van der Waals surface area (Å²) < 4.78 is 24.4. The highest BCUT2D eigenvalue weighted by molar-refractivity contribution is 5.83. The molecule has 14 atom stereocenters. The topological polar surface area (TPSA) is 132 Å². The molecule has 0 saturated carbocycles. The third-order valence-electron chi connectivity index (χ3n) is 9.90. The minimum Gasteiger partial charge on any atom is -0.459 e. The lowest BCUT2D eigenvalue weighted by atomic mass is 9.70. The van der Waals surface area contributed by atoms with Gasteiger partial charge in [-0.15, -0.1) is 0 Å². The van der Waals surface area contributed by atoms with Crippen molar-refractivity contribution >= 4 is 11.8 Å². The van der Waals surface area contributed by atoms with Gasteiger partial charge in [0.1, 0.15) is 17.5 Å². The number of rotatable bonds is 4. The Bertz CT molecular complexity index is 819. The smallest absolute Gasteiger partial charge is 0.311 e. The van der Waals surface area contributed by atoms with Crippen LogP contribution in [0.15, 0.2) is 0 Å². The van der Waals surface area contributed by atoms with Crippen molar-refractivity contribution in [2.24, 2.45) is 35.5 Å². The number of methoxy groups -OCH3 is 1. The first-order valence-corrected chi connectivity index (χ1v) is 14.6. The van der Waals surface area contributed by atoms with Crippen molar-refractivity contribution in [2.45, 2.75) is 137 Å². The van der Waals surface area contributed by atoms with Gasteiger partial charge in [0.25, 0.3) is 0 Å². The monoisotopic (exact) mass is 558 g/mol. The van der Waals surface area contributed by atoms with Crippen molar-refractivity contribution in [1.82, 2.24) is 0 Å². The molecule has 2 fully saturated rings. The van der Waals surface area contributed by atoms with Crippen LogP contribution in [0.2, 0.25) is 0 Å². The minimum atomic E-state index is -1.85. The van der Waals surface area contributed by atoms with Crippen molar-refractivity contribution in [3.8, 4) is 0 Å². The molecule has 2 aliphatic heterocycles. The van der Waals surface area contributed by atoms with E-state index in [1.807, 2.05) is 34.6 Å². The van der Waals surface area contributed by atoms with E-state index >= 15 is 0 Å². The Hall–Kier alpha value is -1.10. The van der Waals surface area contributed by atoms with Crippen LogP contribution < -0.4 is 0 Å². The van der Waals surface area contributed by atoms with E-state index in [1.54, 1.807) is 34.8 Å². The number of esters is 1. The molecule has 0 aromatic carbocycles. The first-order chi connectivity index (χ1) is 17.9. The molecule has 0 amide bonds. The Labute approximate surface area is 234 Å². The number of aliphatic hydroxyl groups is 3. The summed E-state index contributed by atoms with van der Waals surface area (Å²) in [6.45, 7) is 18.0. The zero-order chi connectivity index (χ0) is 30.0. The maximum atomic E-state index is 13.6. The molecule has 0 aromatic rings. The summed E-state index contributed by atoms with van der Waals surface area (Å²) >= 11 is 0. The third kappa shape index (κ3) is 7.22. The number of carbonyl (C=O) groups is 2. The molecule has 0 unspecified atom stereocenters. The van der Waals surface area contributed by atoms with Gasteiger partial charge in [-0.3, -0.25) is 9.59 Å². The second-order valence-corrected chi connectivity index (χ2v) is 12.8. The van der Waals surface area contributed by atoms with Crippen LogP contribution in [-0.2, 0) is 28.5 Å². The third-order valence-corrected chi connectivity index (χ3v) is 9.90. The molecule has 3 N–H and O–H groups in total. The van der Waals surface area contributed by atoms with Crippen molar-refractivity contribution < 1.29 is 43.9 Å². The largest absolute Gasteiger partial charge is 0.459 e. The Morgan fingerprint density at radius 1 is 1.00 bits per heavy atom. The van der Waals surface area contributed by atoms with Crippen LogP contribution in [0, 0.1) is 35.5 Å². The zero-order valence-corrected chi connectivity index (χ0v) is 25.8. The highest BCUT2D eigenvalue weighted by Gasteiger charge is 2.50. The molecular formula is C30H54O9. The van der Waals surface area contributed by atoms with E-state index in [2.05, 4.69) is 0 Å². The predicted octanol–water partition coefficient (Wildman–Crippen LogP) is 3.50. The molecular weight excluding hydrogens is 504 g/mol. The molecule has 39 heavy (non-hydrogen) atoms. The fraction of sp³-hybridized carbons (Fsp3) is 0.933. The SMILES string of the molecule is CC[C@H]1OC(=O)[C@H](C)[C@@H](O[C@H]2C[C@H](C)[C@@H](O)[C@H](C)O2)[C@H](C)[C@@H](C)[C@](C)(OC)C[C@@H](C)C(=O)[C@H](C)[C@@H](O)[C@]1(C)O. The molecule has 2 aliphatic rings. The van der Waals surface area contributed by atoms with E-state index in [9.17, 15) is 24.9 Å². The highest BCUT2D eigenvalue weighted by atomic mass is 16.7. The van der Waals surface area contributed by atoms with E-state index in [0.29, 0.717) is 12.8 Å². The summed E-state index contributed by atoms with van der Waals surface area (Å²) in [5, 5.41) is 32.9. The second kappa shape index (κ2) is 13.3. The Morgan fingerprint density at radius 2 is 1.59 bits per heavy atom. The molecule has 228 valence electrons. The lowest BCUT2D eigenvalue weighted by Gasteiger charge is -2.46. The van der Waals surface area contributed by atoms with Gasteiger partial charge < -0.3 is 34.3 Å². The first kappa shape index (κ1) is 34.1. The number of cyclic esters (lactones) is 1. The van der Waals surface area contributed by atoms with E-state index in [4.69, 9.17) is 18.9 Å². The van der Waals surface area contributed by atoms with Gasteiger partial charge in [0.15, 0.2) is 6.29 Å². The van der Waals surface area contributed by atoms with Crippen LogP contribution in [0.4, 0.5) is 0 Å². The average molecular weight is 559 g/mol. The van der Waals surface area contributed by atoms with Crippen LogP contribution >= 0.6 is 0 Å². The molecule has 9 nitrogen and oxygen atoms in total. The summed E-state index contributed by atoms with van der Waals surface area (Å²) in [5.41, 5.74) is -2.61. The summed E-state index contributed by atoms with van der Waals surface area (Å²) in [6.07, 6.45) is -3.69. The lowest BCUT2D eigenvalue weighted by Crippen LogP contribution is -2.57. The average Bonchev–Trinajstić information content (AvgIpc) is 2.89. The standard InChI is InChI=1S/C30H54O9/c1-12-22-30(10,35)27(33)18(5)24(31)16(3)14-29(9,36-11)20(7)17(4)26(19(6)28(34)38-22)39-23-13-15(2)25(32)21(8)37-23/h15-23,25-27,32-33,35H,12-14H2,1-11H3/t15-,16+,17+,18-,19+,20+,21-,22+,23-,25+,26-,27+,29+,30+/m0/s1. The van der Waals surface area contributed by atoms with Gasteiger partial charge >= 0.3 is 5.97 Å². The van der Waals surface area contributed by atoms with Gasteiger partial charge in [0, 0.05) is 25.4 Å². The van der Waals surface area contributed by atoms with Crippen molar-refractivity contribution in [2.75, 3.05) is 7.11 Å². The molecule has 2 rings (SSSR count). The zero-order valence-electron chi connectivity index (χ0n) is 25.8. The van der Waals surface area contributed by atoms with Crippen LogP contribution in [0.3, 0.4) is 0 Å². The molecule has 9 heteroatoms. The van der Waals surface area contributed by atoms with Crippen molar-refractivity contribution in [3.05, 3.63) is 0 Å². The maximum Gasteiger partial charge on any atom is 0.311 e. The number of carbonyl (C=O) groups excluding carboxylic acids is 2. The maximum absolute atomic E-state index is 13.6. The minimum absolute atomic E-state index is 0.0496. The number of hydrogen-bond donors (Lipinski definition) is 3. The number of ketones is 1. The quantitative estimate of drug-likeness (QED) is 0.444. The number of aliphatic hydroxyl groups excluding tert-OH is 2. The highest BCUT2D eigenvalue weighted by Crippen LogP contribution is 2.40. The summed E-state index contributed by atoms with van der Waals surface area (Å²) in [7, 11) is 1.61. The van der Waals surface area contributed by atoms with E-state index in [0.717, 1.165) is 0 Å². The molecule has 0 aromatic heterocycles. The van der Waals surface area contributed by atoms with E-state index in [1.165, 1.54) is 6.92 Å². The Morgan fingerprint density at radius 3 is 2.10 bits per heavy atom. The van der Waals surface area contributed by atoms with Gasteiger partial charge in [-0.05, 0) is 58.3 Å². The van der Waals surface area contributed by atoms with Gasteiger partial charge in [0.05, 0.1) is 35.9 Å². The predicted molar refractivity (Wildman–Crippen MR) is 147 cm³/mol. The van der Waals surface area contributed by atoms with Crippen molar-refractivity contribution in [1.29, 1.82) is 0 Å². The van der Waals surface area contributed by atoms with Crippen LogP contribution in [0.5, 0.6) is 0 Å². The number of ether oxygens (including phenoxy) is 4. The fourth-order valence-electron chi connectivity index (χ4n) is 6.54. The van der Waals surface area contributed by atoms with Gasteiger partial charge in [-0.25, -0.2) is 0 Å². The molecule has 0 bridgehead atoms. The molecule has 0 spiro atoms. The van der Waals surface area contributed by atoms with E-state index < -0.39 is 71.7 Å². The second-order valence-electron chi connectivity index (χ2n) is 12.8. The summed E-state index contributed by atoms with van der Waals surface area (Å²) in [4.78, 5) is 27.0. The van der Waals surface area contributed by atoms with Crippen molar-refractivity contribution in [3.63, 3.8) is 0 Å². The normalized spacial score (nSPS) is 49.3. The Balaban J connectivity index is 2.55. The number of Topliss-reactive ketones (excluding diaryl/α,β-unsaturated/α-hetero) is 1. The summed E-state index contributed by atoms with van der Waals surface area (Å²) in [5.74, 6) is -3.28.